The minimum absolute atomic E-state index is 0.190. The highest BCUT2D eigenvalue weighted by molar-refractivity contribution is 5.59. The molecule has 0 aromatic heterocycles. The molecule has 0 heterocycles. The minimum atomic E-state index is -0.460. The Morgan fingerprint density at radius 1 is 0.311 bits per heavy atom. The third-order valence-corrected chi connectivity index (χ3v) is 14.1. The van der Waals surface area contributed by atoms with Gasteiger partial charge in [0.2, 0.25) is 0 Å². The summed E-state index contributed by atoms with van der Waals surface area (Å²) in [5.74, 6) is 0.897. The molecule has 2 heteroatoms. The topological polar surface area (TPSA) is 40.5 Å². The van der Waals surface area contributed by atoms with Gasteiger partial charge in [0.05, 0.1) is 0 Å². The molecule has 61 heavy (non-hydrogen) atoms. The molecule has 0 spiro atoms. The van der Waals surface area contributed by atoms with Crippen molar-refractivity contribution in [2.45, 2.75) is 304 Å². The van der Waals surface area contributed by atoms with Crippen LogP contribution in [0.2, 0.25) is 0 Å². The van der Waals surface area contributed by atoms with Gasteiger partial charge >= 0.3 is 0 Å². The summed E-state index contributed by atoms with van der Waals surface area (Å²) in [4.78, 5) is 0. The first kappa shape index (κ1) is 55.2. The van der Waals surface area contributed by atoms with E-state index in [1.54, 1.807) is 0 Å². The number of phenolic OH excluding ortho intramolecular Hbond substituents is 2. The third kappa shape index (κ3) is 21.5. The molecule has 352 valence electrons. The highest BCUT2D eigenvalue weighted by Crippen LogP contribution is 2.52. The zero-order chi connectivity index (χ0) is 45.0. The Hall–Kier alpha value is -1.96. The molecule has 0 aliphatic heterocycles. The average molecular weight is 845 g/mol. The van der Waals surface area contributed by atoms with E-state index in [2.05, 4.69) is 93.5 Å². The molecular weight excluding hydrogens is 741 g/mol. The first-order chi connectivity index (χ1) is 29.2. The van der Waals surface area contributed by atoms with Gasteiger partial charge in [-0.25, -0.2) is 0 Å². The van der Waals surface area contributed by atoms with Gasteiger partial charge in [-0.2, -0.15) is 0 Å². The van der Waals surface area contributed by atoms with E-state index in [9.17, 15) is 10.2 Å². The van der Waals surface area contributed by atoms with Crippen molar-refractivity contribution in [1.29, 1.82) is 0 Å². The molecule has 2 rings (SSSR count). The highest BCUT2D eigenvalue weighted by Gasteiger charge is 2.41. The Labute approximate surface area is 381 Å². The first-order valence-electron chi connectivity index (χ1n) is 26.9. The number of rotatable bonds is 36. The third-order valence-electron chi connectivity index (χ3n) is 14.1. The van der Waals surface area contributed by atoms with Gasteiger partial charge in [-0.3, -0.25) is 0 Å². The van der Waals surface area contributed by atoms with Crippen molar-refractivity contribution in [2.24, 2.45) is 0 Å². The predicted octanol–water partition coefficient (Wildman–Crippen LogP) is 19.9. The van der Waals surface area contributed by atoms with E-state index in [4.69, 9.17) is 0 Å². The zero-order valence-corrected chi connectivity index (χ0v) is 42.7. The summed E-state index contributed by atoms with van der Waals surface area (Å²) in [5, 5.41) is 24.8. The highest BCUT2D eigenvalue weighted by atomic mass is 16.3. The van der Waals surface area contributed by atoms with Gasteiger partial charge in [0, 0.05) is 16.5 Å². The summed E-state index contributed by atoms with van der Waals surface area (Å²) >= 11 is 0. The maximum absolute atomic E-state index is 12.4. The van der Waals surface area contributed by atoms with Crippen LogP contribution in [0, 0.1) is 13.8 Å². The van der Waals surface area contributed by atoms with Gasteiger partial charge < -0.3 is 10.2 Å². The Morgan fingerprint density at radius 2 is 0.508 bits per heavy atom. The van der Waals surface area contributed by atoms with Gasteiger partial charge in [0.1, 0.15) is 11.5 Å². The van der Waals surface area contributed by atoms with Crippen molar-refractivity contribution in [3.05, 3.63) is 57.6 Å². The van der Waals surface area contributed by atoms with Crippen LogP contribution in [0.3, 0.4) is 0 Å². The maximum atomic E-state index is 12.4. The van der Waals surface area contributed by atoms with Crippen LogP contribution in [0.5, 0.6) is 11.5 Å². The Kier molecular flexibility index (Phi) is 28.0. The van der Waals surface area contributed by atoms with Crippen LogP contribution in [0.1, 0.15) is 307 Å². The second-order valence-electron chi connectivity index (χ2n) is 22.1. The van der Waals surface area contributed by atoms with E-state index >= 15 is 0 Å². The smallest absolute Gasteiger partial charge is 0.123 e. The summed E-state index contributed by atoms with van der Waals surface area (Å²) in [5.41, 5.74) is 5.68. The number of unbranched alkanes of at least 4 members (excludes halogenated alkanes) is 30. The van der Waals surface area contributed by atoms with Crippen LogP contribution in [-0.2, 0) is 16.2 Å². The molecule has 0 aliphatic carbocycles. The Morgan fingerprint density at radius 3 is 0.721 bits per heavy atom. The molecular formula is C59H104O2. The molecule has 0 unspecified atom stereocenters. The summed E-state index contributed by atoms with van der Waals surface area (Å²) in [6.07, 6.45) is 45.4. The molecule has 0 atom stereocenters. The van der Waals surface area contributed by atoms with Crippen LogP contribution in [-0.4, -0.2) is 10.2 Å². The molecule has 2 nitrogen and oxygen atoms in total. The van der Waals surface area contributed by atoms with Crippen molar-refractivity contribution < 1.29 is 10.2 Å². The van der Waals surface area contributed by atoms with Gasteiger partial charge in [-0.15, -0.1) is 0 Å². The molecule has 2 aromatic carbocycles. The van der Waals surface area contributed by atoms with Crippen LogP contribution in [0.15, 0.2) is 24.3 Å². The standard InChI is InChI=1S/C59H104O2/c1-11-13-15-17-19-21-23-25-27-29-31-33-35-37-39-41-43-59(53-47-49(3)45-51(55(53)60)57(5,6)7,54-48-50(4)46-52(56(54)61)58(8,9)10)44-42-40-38-36-34-32-30-28-26-24-22-20-18-16-14-12-2/h45-48,60-61H,11-44H2,1-10H3. The lowest BCUT2D eigenvalue weighted by Crippen LogP contribution is -2.30. The van der Waals surface area contributed by atoms with Gasteiger partial charge in [-0.05, 0) is 48.6 Å². The van der Waals surface area contributed by atoms with Crippen LogP contribution >= 0.6 is 0 Å². The number of aryl methyl sites for hydroxylation is 2. The Balaban J connectivity index is 2.15. The normalized spacial score (nSPS) is 12.5. The van der Waals surface area contributed by atoms with E-state index < -0.39 is 5.41 Å². The zero-order valence-electron chi connectivity index (χ0n) is 42.7. The van der Waals surface area contributed by atoms with E-state index in [0.29, 0.717) is 11.5 Å². The number of hydrogen-bond donors (Lipinski definition) is 2. The summed E-state index contributed by atoms with van der Waals surface area (Å²) in [6, 6.07) is 8.96. The molecule has 0 fully saturated rings. The fourth-order valence-corrected chi connectivity index (χ4v) is 10.2. The lowest BCUT2D eigenvalue weighted by molar-refractivity contribution is 0.346. The van der Waals surface area contributed by atoms with E-state index in [0.717, 1.165) is 47.9 Å². The molecule has 2 aromatic rings. The lowest BCUT2D eigenvalue weighted by atomic mass is 9.64. The maximum Gasteiger partial charge on any atom is 0.123 e. The predicted molar refractivity (Wildman–Crippen MR) is 272 cm³/mol. The molecule has 0 amide bonds. The number of benzene rings is 2. The van der Waals surface area contributed by atoms with Crippen LogP contribution in [0.25, 0.3) is 0 Å². The van der Waals surface area contributed by atoms with E-state index in [1.165, 1.54) is 204 Å². The van der Waals surface area contributed by atoms with Crippen molar-refractivity contribution in [3.63, 3.8) is 0 Å². The van der Waals surface area contributed by atoms with Crippen molar-refractivity contribution in [2.75, 3.05) is 0 Å². The van der Waals surface area contributed by atoms with E-state index in [-0.39, 0.29) is 10.8 Å². The quantitative estimate of drug-likeness (QED) is 0.0671. The monoisotopic (exact) mass is 845 g/mol. The van der Waals surface area contributed by atoms with E-state index in [1.807, 2.05) is 0 Å². The van der Waals surface area contributed by atoms with Crippen molar-refractivity contribution in [3.8, 4) is 11.5 Å². The minimum Gasteiger partial charge on any atom is -0.507 e. The molecule has 0 radical (unpaired) electrons. The Bertz CT molecular complexity index is 1300. The molecule has 0 saturated heterocycles. The summed E-state index contributed by atoms with van der Waals surface area (Å²) in [7, 11) is 0. The number of aromatic hydroxyl groups is 2. The average Bonchev–Trinajstić information content (AvgIpc) is 3.20. The molecule has 0 aliphatic rings. The van der Waals surface area contributed by atoms with Crippen molar-refractivity contribution >= 4 is 0 Å². The fraction of sp³-hybridized carbons (Fsp3) is 0.797. The lowest BCUT2D eigenvalue weighted by Gasteiger charge is -2.39. The largest absolute Gasteiger partial charge is 0.507 e. The second-order valence-corrected chi connectivity index (χ2v) is 22.1. The molecule has 0 bridgehead atoms. The fourth-order valence-electron chi connectivity index (χ4n) is 10.2. The van der Waals surface area contributed by atoms with Crippen LogP contribution < -0.4 is 0 Å². The molecule has 0 saturated carbocycles. The van der Waals surface area contributed by atoms with Gasteiger partial charge in [-0.1, -0.05) is 296 Å². The number of phenols is 2. The summed E-state index contributed by atoms with van der Waals surface area (Å²) in [6.45, 7) is 22.3. The SMILES string of the molecule is CCCCCCCCCCCCCCCCCCC(CCCCCCCCCCCCCCCCCC)(c1cc(C)cc(C(C)(C)C)c1O)c1cc(C)cc(C(C)(C)C)c1O. The van der Waals surface area contributed by atoms with Crippen LogP contribution in [0.4, 0.5) is 0 Å². The van der Waals surface area contributed by atoms with Gasteiger partial charge in [0.15, 0.2) is 0 Å². The van der Waals surface area contributed by atoms with Gasteiger partial charge in [0.25, 0.3) is 0 Å². The van der Waals surface area contributed by atoms with Crippen molar-refractivity contribution in [1.82, 2.24) is 0 Å². The summed E-state index contributed by atoms with van der Waals surface area (Å²) < 4.78 is 0. The molecule has 2 N–H and O–H groups in total. The second kappa shape index (κ2) is 31.0. The first-order valence-corrected chi connectivity index (χ1v) is 26.9. The number of hydrogen-bond acceptors (Lipinski definition) is 2.